The van der Waals surface area contributed by atoms with E-state index >= 15 is 0 Å². The maximum atomic E-state index is 12.5. The number of piperidine rings is 1. The van der Waals surface area contributed by atoms with E-state index in [4.69, 9.17) is 16.3 Å². The molecule has 29 heavy (non-hydrogen) atoms. The van der Waals surface area contributed by atoms with Crippen molar-refractivity contribution < 1.29 is 14.3 Å². The number of hydrogen-bond donors (Lipinski definition) is 0. The minimum Gasteiger partial charge on any atom is -0.451 e. The van der Waals surface area contributed by atoms with Crippen molar-refractivity contribution in [2.75, 3.05) is 19.7 Å². The number of aromatic nitrogens is 2. The summed E-state index contributed by atoms with van der Waals surface area (Å²) in [7, 11) is 0. The molecule has 6 nitrogen and oxygen atoms in total. The third-order valence-corrected chi connectivity index (χ3v) is 6.62. The van der Waals surface area contributed by atoms with E-state index in [0.29, 0.717) is 15.8 Å². The Kier molecular flexibility index (Phi) is 5.61. The van der Waals surface area contributed by atoms with Crippen LogP contribution in [0, 0.1) is 12.8 Å². The van der Waals surface area contributed by atoms with Crippen molar-refractivity contribution >= 4 is 45.0 Å². The molecule has 1 fully saturated rings. The fourth-order valence-corrected chi connectivity index (χ4v) is 4.66. The van der Waals surface area contributed by atoms with E-state index in [1.165, 1.54) is 11.3 Å². The first-order chi connectivity index (χ1) is 13.9. The number of aryl methyl sites for hydroxylation is 1. The van der Waals surface area contributed by atoms with Crippen molar-refractivity contribution in [1.29, 1.82) is 0 Å². The van der Waals surface area contributed by atoms with Crippen LogP contribution in [0.4, 0.5) is 0 Å². The number of amides is 1. The van der Waals surface area contributed by atoms with Gasteiger partial charge in [0.25, 0.3) is 5.91 Å². The molecule has 8 heteroatoms. The summed E-state index contributed by atoms with van der Waals surface area (Å²) in [6.07, 6.45) is 1.99. The number of esters is 1. The fraction of sp³-hybridized carbons (Fsp3) is 0.381. The molecule has 0 radical (unpaired) electrons. The molecular weight excluding hydrogens is 410 g/mol. The molecule has 0 unspecified atom stereocenters. The van der Waals surface area contributed by atoms with Gasteiger partial charge < -0.3 is 9.64 Å². The van der Waals surface area contributed by atoms with Crippen LogP contribution in [0.1, 0.15) is 35.1 Å². The lowest BCUT2D eigenvalue weighted by atomic mass is 9.99. The lowest BCUT2D eigenvalue weighted by Gasteiger charge is -2.30. The lowest BCUT2D eigenvalue weighted by Crippen LogP contribution is -2.40. The minimum absolute atomic E-state index is 0.130. The van der Waals surface area contributed by atoms with Crippen molar-refractivity contribution in [1.82, 2.24) is 14.7 Å². The first-order valence-corrected chi connectivity index (χ1v) is 10.8. The molecule has 0 N–H and O–H groups in total. The summed E-state index contributed by atoms with van der Waals surface area (Å²) < 4.78 is 7.10. The summed E-state index contributed by atoms with van der Waals surface area (Å²) in [5.74, 6) is 0.0328. The van der Waals surface area contributed by atoms with Crippen LogP contribution in [0.25, 0.3) is 15.9 Å². The number of thiophene rings is 1. The second-order valence-electron chi connectivity index (χ2n) is 7.44. The Morgan fingerprint density at radius 2 is 1.93 bits per heavy atom. The lowest BCUT2D eigenvalue weighted by molar-refractivity contribution is -0.135. The number of fused-ring (bicyclic) bond motifs is 1. The molecule has 152 valence electrons. The monoisotopic (exact) mass is 431 g/mol. The molecule has 0 bridgehead atoms. The van der Waals surface area contributed by atoms with E-state index in [-0.39, 0.29) is 12.5 Å². The van der Waals surface area contributed by atoms with Crippen LogP contribution in [-0.2, 0) is 9.53 Å². The van der Waals surface area contributed by atoms with Gasteiger partial charge in [-0.15, -0.1) is 11.3 Å². The molecule has 1 amide bonds. The van der Waals surface area contributed by atoms with E-state index < -0.39 is 5.97 Å². The van der Waals surface area contributed by atoms with Gasteiger partial charge in [-0.1, -0.05) is 18.5 Å². The Morgan fingerprint density at radius 3 is 2.62 bits per heavy atom. The van der Waals surface area contributed by atoms with Gasteiger partial charge in [-0.2, -0.15) is 5.10 Å². The maximum Gasteiger partial charge on any atom is 0.348 e. The van der Waals surface area contributed by atoms with Crippen LogP contribution < -0.4 is 0 Å². The van der Waals surface area contributed by atoms with E-state index in [1.54, 1.807) is 27.8 Å². The highest BCUT2D eigenvalue weighted by Gasteiger charge is 2.23. The summed E-state index contributed by atoms with van der Waals surface area (Å²) in [5.41, 5.74) is 1.69. The van der Waals surface area contributed by atoms with Gasteiger partial charge in [0.1, 0.15) is 9.71 Å². The van der Waals surface area contributed by atoms with E-state index in [9.17, 15) is 9.59 Å². The summed E-state index contributed by atoms with van der Waals surface area (Å²) in [6.45, 7) is 5.34. The topological polar surface area (TPSA) is 64.4 Å². The highest BCUT2D eigenvalue weighted by atomic mass is 35.5. The third-order valence-electron chi connectivity index (χ3n) is 5.28. The molecule has 3 aromatic rings. The second-order valence-corrected chi connectivity index (χ2v) is 8.91. The Labute approximate surface area is 178 Å². The zero-order chi connectivity index (χ0) is 20.5. The first-order valence-electron chi connectivity index (χ1n) is 9.62. The molecular formula is C21H22ClN3O3S. The largest absolute Gasteiger partial charge is 0.451 e. The molecule has 0 aliphatic carbocycles. The number of carbonyl (C=O) groups is 2. The average Bonchev–Trinajstić information content (AvgIpc) is 3.28. The molecule has 1 aromatic carbocycles. The average molecular weight is 432 g/mol. The van der Waals surface area contributed by atoms with Crippen LogP contribution in [0.15, 0.2) is 30.3 Å². The zero-order valence-corrected chi connectivity index (χ0v) is 17.9. The highest BCUT2D eigenvalue weighted by Crippen LogP contribution is 2.31. The smallest absolute Gasteiger partial charge is 0.348 e. The van der Waals surface area contributed by atoms with Crippen LogP contribution in [0.3, 0.4) is 0 Å². The van der Waals surface area contributed by atoms with Crippen molar-refractivity contribution in [3.63, 3.8) is 0 Å². The van der Waals surface area contributed by atoms with Gasteiger partial charge in [0, 0.05) is 23.5 Å². The zero-order valence-electron chi connectivity index (χ0n) is 16.4. The Hall–Kier alpha value is -2.38. The maximum absolute atomic E-state index is 12.5. The van der Waals surface area contributed by atoms with E-state index in [2.05, 4.69) is 12.0 Å². The predicted octanol–water partition coefficient (Wildman–Crippen LogP) is 4.46. The summed E-state index contributed by atoms with van der Waals surface area (Å²) in [4.78, 5) is 27.9. The second kappa shape index (κ2) is 8.16. The first kappa shape index (κ1) is 19.9. The standard InChI is InChI=1S/C21H22ClN3O3S/c1-13-7-9-24(10-8-13)19(26)12-28-21(27)18-11-17-14(2)23-25(20(17)29-18)16-5-3-15(22)4-6-16/h3-6,11,13H,7-10,12H2,1-2H3. The van der Waals surface area contributed by atoms with Crippen LogP contribution in [0.2, 0.25) is 5.02 Å². The molecule has 3 heterocycles. The number of carbonyl (C=O) groups excluding carboxylic acids is 2. The minimum atomic E-state index is -0.480. The molecule has 1 aliphatic rings. The van der Waals surface area contributed by atoms with Crippen molar-refractivity contribution in [3.05, 3.63) is 45.9 Å². The number of halogens is 1. The van der Waals surface area contributed by atoms with Crippen molar-refractivity contribution in [2.24, 2.45) is 5.92 Å². The number of hydrogen-bond acceptors (Lipinski definition) is 5. The molecule has 1 aliphatic heterocycles. The highest BCUT2D eigenvalue weighted by molar-refractivity contribution is 7.20. The fourth-order valence-electron chi connectivity index (χ4n) is 3.45. The molecule has 2 aromatic heterocycles. The quantitative estimate of drug-likeness (QED) is 0.572. The Morgan fingerprint density at radius 1 is 1.24 bits per heavy atom. The molecule has 0 spiro atoms. The van der Waals surface area contributed by atoms with E-state index in [1.807, 2.05) is 19.1 Å². The summed E-state index contributed by atoms with van der Waals surface area (Å²) in [5, 5.41) is 6.11. The third kappa shape index (κ3) is 4.16. The van der Waals surface area contributed by atoms with Crippen LogP contribution >= 0.6 is 22.9 Å². The van der Waals surface area contributed by atoms with Gasteiger partial charge >= 0.3 is 5.97 Å². The molecule has 1 saturated heterocycles. The van der Waals surface area contributed by atoms with Gasteiger partial charge in [0.15, 0.2) is 6.61 Å². The summed E-state index contributed by atoms with van der Waals surface area (Å²) in [6, 6.07) is 9.14. The Balaban J connectivity index is 1.48. The van der Waals surface area contributed by atoms with Crippen molar-refractivity contribution in [3.8, 4) is 5.69 Å². The number of ether oxygens (including phenoxy) is 1. The van der Waals surface area contributed by atoms with Gasteiger partial charge in [-0.3, -0.25) is 4.79 Å². The van der Waals surface area contributed by atoms with Gasteiger partial charge in [-0.05, 0) is 56.0 Å². The van der Waals surface area contributed by atoms with Crippen LogP contribution in [-0.4, -0.2) is 46.3 Å². The molecule has 4 rings (SSSR count). The number of rotatable bonds is 4. The summed E-state index contributed by atoms with van der Waals surface area (Å²) >= 11 is 7.28. The molecule has 0 saturated carbocycles. The predicted molar refractivity (Wildman–Crippen MR) is 114 cm³/mol. The molecule has 0 atom stereocenters. The number of benzene rings is 1. The van der Waals surface area contributed by atoms with E-state index in [0.717, 1.165) is 47.5 Å². The number of nitrogens with zero attached hydrogens (tertiary/aromatic N) is 3. The van der Waals surface area contributed by atoms with Gasteiger partial charge in [0.05, 0.1) is 11.4 Å². The van der Waals surface area contributed by atoms with Crippen molar-refractivity contribution in [2.45, 2.75) is 26.7 Å². The van der Waals surface area contributed by atoms with Crippen LogP contribution in [0.5, 0.6) is 0 Å². The Bertz CT molecular complexity index is 1050. The SMILES string of the molecule is Cc1nn(-c2ccc(Cl)cc2)c2sc(C(=O)OCC(=O)N3CCC(C)CC3)cc12. The van der Waals surface area contributed by atoms with Gasteiger partial charge in [-0.25, -0.2) is 9.48 Å². The number of likely N-dealkylation sites (tertiary alicyclic amines) is 1. The normalized spacial score (nSPS) is 15.1. The van der Waals surface area contributed by atoms with Gasteiger partial charge in [0.2, 0.25) is 0 Å².